The average molecular weight is 380 g/mol. The fourth-order valence-corrected chi connectivity index (χ4v) is 4.76. The Morgan fingerprint density at radius 1 is 1.32 bits per heavy atom. The zero-order valence-corrected chi connectivity index (χ0v) is 15.2. The summed E-state index contributed by atoms with van der Waals surface area (Å²) in [7, 11) is -1.40. The molecule has 0 saturated carbocycles. The van der Waals surface area contributed by atoms with E-state index in [9.17, 15) is 13.2 Å². The van der Waals surface area contributed by atoms with Crippen LogP contribution in [0.25, 0.3) is 0 Å². The first kappa shape index (κ1) is 17.7. The number of nitrogens with zero attached hydrogens (tertiary/aromatic N) is 2. The molecule has 1 unspecified atom stereocenters. The highest BCUT2D eigenvalue weighted by atomic mass is 35.5. The molecule has 2 heterocycles. The SMILES string of the molecule is CN(C(=O)c1ccnc(Nc2cccc(Cl)c2)c1)C1CCS(=O)(=O)C1. The Bertz CT molecular complexity index is 902. The molecule has 0 bridgehead atoms. The van der Waals surface area contributed by atoms with Crippen LogP contribution in [0.5, 0.6) is 0 Å². The highest BCUT2D eigenvalue weighted by molar-refractivity contribution is 7.91. The molecule has 1 aromatic heterocycles. The number of hydrogen-bond acceptors (Lipinski definition) is 5. The fourth-order valence-electron chi connectivity index (χ4n) is 2.80. The number of amides is 1. The molecule has 0 aliphatic carbocycles. The van der Waals surface area contributed by atoms with Gasteiger partial charge < -0.3 is 10.2 Å². The maximum atomic E-state index is 12.7. The van der Waals surface area contributed by atoms with E-state index in [1.54, 1.807) is 37.5 Å². The Morgan fingerprint density at radius 3 is 2.80 bits per heavy atom. The molecular formula is C17H18ClN3O3S. The quantitative estimate of drug-likeness (QED) is 0.883. The third-order valence-corrected chi connectivity index (χ3v) is 6.17. The Kier molecular flexibility index (Phi) is 4.96. The lowest BCUT2D eigenvalue weighted by atomic mass is 10.1. The molecule has 0 radical (unpaired) electrons. The van der Waals surface area contributed by atoms with E-state index in [1.165, 1.54) is 4.90 Å². The van der Waals surface area contributed by atoms with E-state index in [2.05, 4.69) is 10.3 Å². The Balaban J connectivity index is 1.75. The van der Waals surface area contributed by atoms with Crippen molar-refractivity contribution in [1.29, 1.82) is 0 Å². The summed E-state index contributed by atoms with van der Waals surface area (Å²) in [6, 6.07) is 10.2. The second-order valence-electron chi connectivity index (χ2n) is 6.04. The average Bonchev–Trinajstić information content (AvgIpc) is 2.94. The molecule has 132 valence electrons. The van der Waals surface area contributed by atoms with Crippen molar-refractivity contribution in [2.24, 2.45) is 0 Å². The van der Waals surface area contributed by atoms with Crippen LogP contribution in [0.15, 0.2) is 42.6 Å². The first-order chi connectivity index (χ1) is 11.8. The van der Waals surface area contributed by atoms with E-state index in [0.717, 1.165) is 5.69 Å². The molecule has 0 spiro atoms. The van der Waals surface area contributed by atoms with Gasteiger partial charge in [-0.05, 0) is 36.8 Å². The maximum Gasteiger partial charge on any atom is 0.254 e. The van der Waals surface area contributed by atoms with E-state index in [0.29, 0.717) is 22.8 Å². The largest absolute Gasteiger partial charge is 0.340 e. The molecule has 1 amide bonds. The number of benzene rings is 1. The van der Waals surface area contributed by atoms with Gasteiger partial charge in [0.15, 0.2) is 9.84 Å². The van der Waals surface area contributed by atoms with Gasteiger partial charge in [0.25, 0.3) is 5.91 Å². The van der Waals surface area contributed by atoms with Crippen LogP contribution in [0.4, 0.5) is 11.5 Å². The van der Waals surface area contributed by atoms with Gasteiger partial charge >= 0.3 is 0 Å². The predicted octanol–water partition coefficient (Wildman–Crippen LogP) is 2.74. The first-order valence-corrected chi connectivity index (χ1v) is 10.0. The number of pyridine rings is 1. The number of rotatable bonds is 4. The highest BCUT2D eigenvalue weighted by Crippen LogP contribution is 2.21. The molecule has 3 rings (SSSR count). The highest BCUT2D eigenvalue weighted by Gasteiger charge is 2.33. The van der Waals surface area contributed by atoms with E-state index in [4.69, 9.17) is 11.6 Å². The number of carbonyl (C=O) groups is 1. The zero-order chi connectivity index (χ0) is 18.0. The number of aromatic nitrogens is 1. The number of anilines is 2. The number of carbonyl (C=O) groups excluding carboxylic acids is 1. The lowest BCUT2D eigenvalue weighted by Crippen LogP contribution is -2.37. The van der Waals surface area contributed by atoms with Crippen molar-refractivity contribution >= 4 is 38.9 Å². The lowest BCUT2D eigenvalue weighted by Gasteiger charge is -2.23. The Hall–Kier alpha value is -2.12. The minimum atomic E-state index is -3.04. The molecule has 1 atom stereocenters. The van der Waals surface area contributed by atoms with Crippen molar-refractivity contribution in [1.82, 2.24) is 9.88 Å². The molecule has 8 heteroatoms. The molecule has 1 aliphatic heterocycles. The smallest absolute Gasteiger partial charge is 0.254 e. The summed E-state index contributed by atoms with van der Waals surface area (Å²) in [5.41, 5.74) is 1.21. The molecule has 1 saturated heterocycles. The van der Waals surface area contributed by atoms with Crippen LogP contribution in [0.3, 0.4) is 0 Å². The topological polar surface area (TPSA) is 79.4 Å². The van der Waals surface area contributed by atoms with Crippen LogP contribution in [0.2, 0.25) is 5.02 Å². The van der Waals surface area contributed by atoms with Crippen LogP contribution in [0, 0.1) is 0 Å². The predicted molar refractivity (Wildman–Crippen MR) is 98.1 cm³/mol. The van der Waals surface area contributed by atoms with Gasteiger partial charge in [-0.3, -0.25) is 4.79 Å². The number of nitrogens with one attached hydrogen (secondary N) is 1. The van der Waals surface area contributed by atoms with Gasteiger partial charge in [-0.15, -0.1) is 0 Å². The van der Waals surface area contributed by atoms with Crippen LogP contribution >= 0.6 is 11.6 Å². The Labute approximate surface area is 151 Å². The fraction of sp³-hybridized carbons (Fsp3) is 0.294. The number of hydrogen-bond donors (Lipinski definition) is 1. The molecule has 2 aromatic rings. The summed E-state index contributed by atoms with van der Waals surface area (Å²) in [4.78, 5) is 18.4. The summed E-state index contributed by atoms with van der Waals surface area (Å²) >= 11 is 5.96. The van der Waals surface area contributed by atoms with Gasteiger partial charge in [0.2, 0.25) is 0 Å². The van der Waals surface area contributed by atoms with Crippen molar-refractivity contribution in [2.45, 2.75) is 12.5 Å². The third-order valence-electron chi connectivity index (χ3n) is 4.18. The van der Waals surface area contributed by atoms with Crippen molar-refractivity contribution in [2.75, 3.05) is 23.9 Å². The molecule has 1 fully saturated rings. The van der Waals surface area contributed by atoms with E-state index in [-0.39, 0.29) is 23.5 Å². The van der Waals surface area contributed by atoms with E-state index >= 15 is 0 Å². The molecule has 6 nitrogen and oxygen atoms in total. The number of sulfone groups is 1. The molecule has 25 heavy (non-hydrogen) atoms. The van der Waals surface area contributed by atoms with Crippen molar-refractivity contribution in [3.8, 4) is 0 Å². The lowest BCUT2D eigenvalue weighted by molar-refractivity contribution is 0.0747. The van der Waals surface area contributed by atoms with Gasteiger partial charge in [-0.2, -0.15) is 0 Å². The maximum absolute atomic E-state index is 12.7. The summed E-state index contributed by atoms with van der Waals surface area (Å²) < 4.78 is 23.2. The normalized spacial score (nSPS) is 18.7. The number of halogens is 1. The van der Waals surface area contributed by atoms with Gasteiger partial charge in [0.1, 0.15) is 5.82 Å². The Morgan fingerprint density at radius 2 is 2.12 bits per heavy atom. The minimum absolute atomic E-state index is 0.0218. The monoisotopic (exact) mass is 379 g/mol. The van der Waals surface area contributed by atoms with Crippen LogP contribution in [0.1, 0.15) is 16.8 Å². The molecule has 1 aromatic carbocycles. The molecule has 1 aliphatic rings. The van der Waals surface area contributed by atoms with Gasteiger partial charge in [-0.1, -0.05) is 17.7 Å². The van der Waals surface area contributed by atoms with Crippen LogP contribution < -0.4 is 5.32 Å². The van der Waals surface area contributed by atoms with Gasteiger partial charge in [-0.25, -0.2) is 13.4 Å². The summed E-state index contributed by atoms with van der Waals surface area (Å²) in [6.07, 6.45) is 2.02. The van der Waals surface area contributed by atoms with Crippen molar-refractivity contribution < 1.29 is 13.2 Å². The third kappa shape index (κ3) is 4.29. The summed E-state index contributed by atoms with van der Waals surface area (Å²) in [6.45, 7) is 0. The van der Waals surface area contributed by atoms with E-state index in [1.807, 2.05) is 12.1 Å². The molecular weight excluding hydrogens is 362 g/mol. The summed E-state index contributed by atoms with van der Waals surface area (Å²) in [5, 5.41) is 3.70. The summed E-state index contributed by atoms with van der Waals surface area (Å²) in [5.74, 6) is 0.445. The van der Waals surface area contributed by atoms with Crippen LogP contribution in [-0.4, -0.2) is 48.8 Å². The molecule has 1 N–H and O–H groups in total. The van der Waals surface area contributed by atoms with E-state index < -0.39 is 9.84 Å². The van der Waals surface area contributed by atoms with Gasteiger partial charge in [0.05, 0.1) is 11.5 Å². The standard InChI is InChI=1S/C17H18ClN3O3S/c1-21(15-6-8-25(23,24)11-15)17(22)12-5-7-19-16(9-12)20-14-4-2-3-13(18)10-14/h2-5,7,9-10,15H,6,8,11H2,1H3,(H,19,20). The minimum Gasteiger partial charge on any atom is -0.340 e. The first-order valence-electron chi connectivity index (χ1n) is 7.80. The second-order valence-corrected chi connectivity index (χ2v) is 8.70. The van der Waals surface area contributed by atoms with Crippen LogP contribution in [-0.2, 0) is 9.84 Å². The second kappa shape index (κ2) is 7.01. The van der Waals surface area contributed by atoms with Crippen molar-refractivity contribution in [3.05, 3.63) is 53.2 Å². The van der Waals surface area contributed by atoms with Crippen molar-refractivity contribution in [3.63, 3.8) is 0 Å². The van der Waals surface area contributed by atoms with Gasteiger partial charge in [0, 0.05) is 35.6 Å². The zero-order valence-electron chi connectivity index (χ0n) is 13.6.